The molecule has 3 rings (SSSR count). The van der Waals surface area contributed by atoms with Gasteiger partial charge in [0, 0.05) is 36.6 Å². The average Bonchev–Trinajstić information content (AvgIpc) is 3.12. The fourth-order valence-electron chi connectivity index (χ4n) is 4.06. The Kier molecular flexibility index (Phi) is 8.28. The zero-order chi connectivity index (χ0) is 24.8. The molecule has 0 saturated carbocycles. The van der Waals surface area contributed by atoms with Gasteiger partial charge in [0.05, 0.1) is 18.7 Å². The summed E-state index contributed by atoms with van der Waals surface area (Å²) in [4.78, 5) is 31.8. The van der Waals surface area contributed by atoms with Crippen LogP contribution in [-0.2, 0) is 16.1 Å². The summed E-state index contributed by atoms with van der Waals surface area (Å²) >= 11 is 0. The van der Waals surface area contributed by atoms with Crippen molar-refractivity contribution in [2.75, 3.05) is 26.2 Å². The van der Waals surface area contributed by atoms with Gasteiger partial charge in [-0.1, -0.05) is 32.2 Å². The summed E-state index contributed by atoms with van der Waals surface area (Å²) in [5, 5.41) is 8.85. The molecule has 0 aromatic carbocycles. The smallest absolute Gasteiger partial charge is 0.414 e. The Morgan fingerprint density at radius 2 is 2.12 bits per heavy atom. The zero-order valence-electron chi connectivity index (χ0n) is 20.3. The number of aryl methyl sites for hydroxylation is 2. The van der Waals surface area contributed by atoms with Gasteiger partial charge in [0.1, 0.15) is 5.65 Å². The van der Waals surface area contributed by atoms with Crippen molar-refractivity contribution in [2.24, 2.45) is 5.92 Å². The third kappa shape index (κ3) is 6.14. The zero-order valence-corrected chi connectivity index (χ0v) is 20.3. The SMILES string of the molecule is C=C(/C=C\C(=C)N1CC(CCN(CC)Cc2nc3c(C)cccn3c2C)COC1=O)CC(=O)O. The largest absolute Gasteiger partial charge is 0.481 e. The summed E-state index contributed by atoms with van der Waals surface area (Å²) in [6, 6.07) is 4.11. The molecule has 1 saturated heterocycles. The molecule has 1 unspecified atom stereocenters. The number of cyclic esters (lactones) is 1. The molecule has 182 valence electrons. The third-order valence-electron chi connectivity index (χ3n) is 6.20. The van der Waals surface area contributed by atoms with Crippen molar-refractivity contribution < 1.29 is 19.4 Å². The number of ether oxygens (including phenoxy) is 1. The van der Waals surface area contributed by atoms with Crippen molar-refractivity contribution in [3.05, 3.63) is 71.9 Å². The maximum Gasteiger partial charge on any atom is 0.414 e. The average molecular weight is 467 g/mol. The Hall–Kier alpha value is -3.39. The maximum atomic E-state index is 12.3. The number of hydrogen-bond acceptors (Lipinski definition) is 5. The van der Waals surface area contributed by atoms with Crippen LogP contribution in [0.15, 0.2) is 54.9 Å². The number of hydrogen-bond donors (Lipinski definition) is 1. The molecule has 0 aliphatic carbocycles. The molecular formula is C26H34N4O4. The first-order valence-corrected chi connectivity index (χ1v) is 11.6. The molecule has 0 spiro atoms. The topological polar surface area (TPSA) is 87.4 Å². The van der Waals surface area contributed by atoms with E-state index in [4.69, 9.17) is 14.8 Å². The first-order valence-electron chi connectivity index (χ1n) is 11.6. The number of carboxylic acid groups (broad SMARTS) is 1. The van der Waals surface area contributed by atoms with E-state index in [2.05, 4.69) is 49.3 Å². The number of aromatic nitrogens is 2. The van der Waals surface area contributed by atoms with Crippen molar-refractivity contribution in [2.45, 2.75) is 40.2 Å². The second-order valence-corrected chi connectivity index (χ2v) is 8.79. The molecule has 3 heterocycles. The maximum absolute atomic E-state index is 12.3. The molecule has 1 aliphatic heterocycles. The van der Waals surface area contributed by atoms with E-state index >= 15 is 0 Å². The lowest BCUT2D eigenvalue weighted by Crippen LogP contribution is -2.43. The highest BCUT2D eigenvalue weighted by atomic mass is 16.6. The van der Waals surface area contributed by atoms with Crippen LogP contribution in [0.2, 0.25) is 0 Å². The number of amides is 1. The van der Waals surface area contributed by atoms with E-state index in [1.807, 2.05) is 12.3 Å². The number of imidazole rings is 1. The molecule has 1 aliphatic rings. The molecule has 2 aromatic heterocycles. The Labute approximate surface area is 200 Å². The number of pyridine rings is 1. The van der Waals surface area contributed by atoms with Gasteiger partial charge in [-0.05, 0) is 56.6 Å². The molecule has 1 amide bonds. The fraction of sp³-hybridized carbons (Fsp3) is 0.423. The van der Waals surface area contributed by atoms with Gasteiger partial charge in [-0.2, -0.15) is 0 Å². The van der Waals surface area contributed by atoms with Crippen molar-refractivity contribution in [3.63, 3.8) is 0 Å². The number of nitrogens with zero attached hydrogens (tertiary/aromatic N) is 4. The van der Waals surface area contributed by atoms with Gasteiger partial charge >= 0.3 is 12.1 Å². The first kappa shape index (κ1) is 25.2. The van der Waals surface area contributed by atoms with Gasteiger partial charge in [-0.3, -0.25) is 14.6 Å². The third-order valence-corrected chi connectivity index (χ3v) is 6.20. The quantitative estimate of drug-likeness (QED) is 0.496. The molecule has 1 fully saturated rings. The minimum Gasteiger partial charge on any atom is -0.481 e. The lowest BCUT2D eigenvalue weighted by atomic mass is 10.0. The van der Waals surface area contributed by atoms with E-state index in [9.17, 15) is 9.59 Å². The highest BCUT2D eigenvalue weighted by molar-refractivity contribution is 5.72. The minimum absolute atomic E-state index is 0.158. The van der Waals surface area contributed by atoms with E-state index in [1.165, 1.54) is 4.90 Å². The van der Waals surface area contributed by atoms with Crippen LogP contribution in [0.5, 0.6) is 0 Å². The number of allylic oxidation sites excluding steroid dienone is 2. The number of aliphatic carboxylic acids is 1. The lowest BCUT2D eigenvalue weighted by Gasteiger charge is -2.33. The Morgan fingerprint density at radius 3 is 2.79 bits per heavy atom. The Bertz CT molecular complexity index is 1120. The van der Waals surface area contributed by atoms with Gasteiger partial charge in [0.15, 0.2) is 0 Å². The van der Waals surface area contributed by atoms with Crippen molar-refractivity contribution in [1.82, 2.24) is 19.2 Å². The summed E-state index contributed by atoms with van der Waals surface area (Å²) in [7, 11) is 0. The van der Waals surface area contributed by atoms with Gasteiger partial charge in [-0.15, -0.1) is 0 Å². The number of fused-ring (bicyclic) bond motifs is 1. The van der Waals surface area contributed by atoms with Crippen molar-refractivity contribution in [1.29, 1.82) is 0 Å². The molecule has 1 N–H and O–H groups in total. The highest BCUT2D eigenvalue weighted by Crippen LogP contribution is 2.21. The van der Waals surface area contributed by atoms with E-state index in [-0.39, 0.29) is 12.3 Å². The van der Waals surface area contributed by atoms with Gasteiger partial charge in [0.2, 0.25) is 0 Å². The second kappa shape index (κ2) is 11.2. The minimum atomic E-state index is -0.952. The molecule has 34 heavy (non-hydrogen) atoms. The van der Waals surface area contributed by atoms with Crippen molar-refractivity contribution in [3.8, 4) is 0 Å². The van der Waals surface area contributed by atoms with E-state index in [0.717, 1.165) is 48.7 Å². The van der Waals surface area contributed by atoms with Crippen LogP contribution in [0.4, 0.5) is 4.79 Å². The normalized spacial score (nSPS) is 16.4. The lowest BCUT2D eigenvalue weighted by molar-refractivity contribution is -0.136. The number of carboxylic acids is 1. The van der Waals surface area contributed by atoms with Crippen molar-refractivity contribution >= 4 is 17.7 Å². The van der Waals surface area contributed by atoms with Crippen LogP contribution in [0.3, 0.4) is 0 Å². The van der Waals surface area contributed by atoms with Gasteiger partial charge in [0.25, 0.3) is 0 Å². The number of carbonyl (C=O) groups is 2. The Morgan fingerprint density at radius 1 is 1.35 bits per heavy atom. The van der Waals surface area contributed by atoms with Crippen LogP contribution in [-0.4, -0.2) is 62.6 Å². The fourth-order valence-corrected chi connectivity index (χ4v) is 4.06. The first-order chi connectivity index (χ1) is 16.2. The van der Waals surface area contributed by atoms with E-state index in [1.54, 1.807) is 12.2 Å². The summed E-state index contributed by atoms with van der Waals surface area (Å²) < 4.78 is 7.53. The van der Waals surface area contributed by atoms with E-state index in [0.29, 0.717) is 24.4 Å². The molecule has 8 heteroatoms. The highest BCUT2D eigenvalue weighted by Gasteiger charge is 2.28. The van der Waals surface area contributed by atoms with Crippen LogP contribution in [0.25, 0.3) is 5.65 Å². The number of rotatable bonds is 11. The van der Waals surface area contributed by atoms with Gasteiger partial charge < -0.3 is 14.2 Å². The standard InChI is InChI=1S/C26H34N4O4/c1-6-28(16-23-21(5)29-12-7-8-19(3)25(29)27-23)13-11-22-15-30(26(33)34-17-22)20(4)10-9-18(2)14-24(31)32/h7-10,12,22H,2,4,6,11,13-17H2,1,3,5H3,(H,31,32)/b10-9-. The van der Waals surface area contributed by atoms with Crippen LogP contribution < -0.4 is 0 Å². The summed E-state index contributed by atoms with van der Waals surface area (Å²) in [5.41, 5.74) is 5.29. The summed E-state index contributed by atoms with van der Waals surface area (Å²) in [6.07, 6.45) is 5.51. The molecule has 8 nitrogen and oxygen atoms in total. The predicted molar refractivity (Wildman–Crippen MR) is 131 cm³/mol. The van der Waals surface area contributed by atoms with Crippen LogP contribution in [0, 0.1) is 19.8 Å². The summed E-state index contributed by atoms with van der Waals surface area (Å²) in [5.74, 6) is -0.782. The molecular weight excluding hydrogens is 432 g/mol. The molecule has 0 radical (unpaired) electrons. The Balaban J connectivity index is 1.58. The predicted octanol–water partition coefficient (Wildman–Crippen LogP) is 4.33. The van der Waals surface area contributed by atoms with Crippen LogP contribution in [0.1, 0.15) is 36.7 Å². The van der Waals surface area contributed by atoms with Crippen LogP contribution >= 0.6 is 0 Å². The van der Waals surface area contributed by atoms with Gasteiger partial charge in [-0.25, -0.2) is 9.78 Å². The molecule has 2 aromatic rings. The molecule has 0 bridgehead atoms. The second-order valence-electron chi connectivity index (χ2n) is 8.79. The van der Waals surface area contributed by atoms with E-state index < -0.39 is 12.1 Å². The monoisotopic (exact) mass is 466 g/mol. The molecule has 1 atom stereocenters. The summed E-state index contributed by atoms with van der Waals surface area (Å²) in [6.45, 7) is 17.4. The number of carbonyl (C=O) groups excluding carboxylic acids is 1.